The van der Waals surface area contributed by atoms with Gasteiger partial charge >= 0.3 is 0 Å². The molecular weight excluding hydrogens is 470 g/mol. The number of sulfonamides is 1. The quantitative estimate of drug-likeness (QED) is 0.435. The van der Waals surface area contributed by atoms with Crippen LogP contribution in [0.4, 0.5) is 5.69 Å². The Kier molecular flexibility index (Phi) is 8.44. The summed E-state index contributed by atoms with van der Waals surface area (Å²) in [7, 11) is -3.94. The zero-order valence-corrected chi connectivity index (χ0v) is 21.9. The van der Waals surface area contributed by atoms with Crippen LogP contribution in [0.2, 0.25) is 0 Å². The minimum Gasteiger partial charge on any atom is -0.350 e. The second-order valence-electron chi connectivity index (χ2n) is 9.34. The molecule has 0 spiro atoms. The Hall–Kier alpha value is -3.16. The van der Waals surface area contributed by atoms with Crippen molar-refractivity contribution in [1.29, 1.82) is 0 Å². The number of nitrogens with one attached hydrogen (secondary N) is 1. The molecule has 0 aliphatic carbocycles. The summed E-state index contributed by atoms with van der Waals surface area (Å²) >= 11 is 0. The van der Waals surface area contributed by atoms with Gasteiger partial charge in [-0.2, -0.15) is 0 Å². The molecule has 1 aliphatic rings. The molecule has 1 heterocycles. The van der Waals surface area contributed by atoms with Crippen molar-refractivity contribution in [2.75, 3.05) is 23.9 Å². The van der Waals surface area contributed by atoms with E-state index in [1.165, 1.54) is 22.7 Å². The molecule has 3 aromatic rings. The lowest BCUT2D eigenvalue weighted by Gasteiger charge is -2.26. The van der Waals surface area contributed by atoms with Gasteiger partial charge in [0.1, 0.15) is 6.54 Å². The van der Waals surface area contributed by atoms with E-state index in [2.05, 4.69) is 16.3 Å². The van der Waals surface area contributed by atoms with Crippen LogP contribution < -0.4 is 9.62 Å². The molecular formula is C29H35N3O3S. The van der Waals surface area contributed by atoms with Crippen LogP contribution in [-0.2, 0) is 34.3 Å². The van der Waals surface area contributed by atoms with Crippen LogP contribution in [0.1, 0.15) is 42.0 Å². The zero-order chi connectivity index (χ0) is 25.5. The highest BCUT2D eigenvalue weighted by Gasteiger charge is 2.28. The average Bonchev–Trinajstić information content (AvgIpc) is 3.40. The number of nitrogens with zero attached hydrogens (tertiary/aromatic N) is 2. The number of carbonyl (C=O) groups excluding carboxylic acids is 1. The lowest BCUT2D eigenvalue weighted by atomic mass is 10.1. The molecule has 0 aromatic heterocycles. The van der Waals surface area contributed by atoms with E-state index in [4.69, 9.17) is 0 Å². The van der Waals surface area contributed by atoms with Crippen LogP contribution in [0, 0.1) is 6.92 Å². The van der Waals surface area contributed by atoms with Crippen LogP contribution in [0.25, 0.3) is 0 Å². The molecule has 36 heavy (non-hydrogen) atoms. The average molecular weight is 506 g/mol. The van der Waals surface area contributed by atoms with Gasteiger partial charge in [-0.3, -0.25) is 14.0 Å². The number of benzene rings is 3. The highest BCUT2D eigenvalue weighted by Crippen LogP contribution is 2.27. The maximum absolute atomic E-state index is 13.7. The monoisotopic (exact) mass is 505 g/mol. The van der Waals surface area contributed by atoms with E-state index >= 15 is 0 Å². The Bertz CT molecular complexity index is 1280. The minimum absolute atomic E-state index is 0.169. The second-order valence-corrected chi connectivity index (χ2v) is 11.2. The topological polar surface area (TPSA) is 69.7 Å². The van der Waals surface area contributed by atoms with E-state index in [9.17, 15) is 13.2 Å². The third-order valence-corrected chi connectivity index (χ3v) is 8.50. The molecule has 4 rings (SSSR count). The van der Waals surface area contributed by atoms with Gasteiger partial charge in [0.25, 0.3) is 10.0 Å². The number of hydrogen-bond acceptors (Lipinski definition) is 4. The van der Waals surface area contributed by atoms with Crippen molar-refractivity contribution < 1.29 is 13.2 Å². The maximum atomic E-state index is 13.7. The van der Waals surface area contributed by atoms with Gasteiger partial charge in [0.05, 0.1) is 10.6 Å². The number of rotatable bonds is 10. The van der Waals surface area contributed by atoms with E-state index in [1.54, 1.807) is 36.4 Å². The van der Waals surface area contributed by atoms with Gasteiger partial charge in [-0.1, -0.05) is 67.1 Å². The summed E-state index contributed by atoms with van der Waals surface area (Å²) in [4.78, 5) is 15.8. The number of carbonyl (C=O) groups is 1. The summed E-state index contributed by atoms with van der Waals surface area (Å²) in [5, 5.41) is 2.97. The summed E-state index contributed by atoms with van der Waals surface area (Å²) in [6.45, 7) is 7.03. The van der Waals surface area contributed by atoms with Gasteiger partial charge < -0.3 is 5.32 Å². The van der Waals surface area contributed by atoms with Crippen molar-refractivity contribution in [3.8, 4) is 0 Å². The number of aryl methyl sites for hydroxylation is 2. The first-order valence-electron chi connectivity index (χ1n) is 12.6. The molecule has 190 valence electrons. The van der Waals surface area contributed by atoms with Crippen LogP contribution in [0.5, 0.6) is 0 Å². The molecule has 3 aromatic carbocycles. The third-order valence-electron chi connectivity index (χ3n) is 6.72. The van der Waals surface area contributed by atoms with Crippen molar-refractivity contribution in [3.05, 3.63) is 95.1 Å². The van der Waals surface area contributed by atoms with E-state index in [0.717, 1.165) is 36.3 Å². The highest BCUT2D eigenvalue weighted by atomic mass is 32.2. The summed E-state index contributed by atoms with van der Waals surface area (Å²) in [6, 6.07) is 22.2. The molecule has 0 bridgehead atoms. The highest BCUT2D eigenvalue weighted by molar-refractivity contribution is 7.92. The standard InChI is InChI=1S/C29H35N3O3S/c1-3-24-10-6-7-13-28(24)32(36(34,35)27-16-14-23(2)15-17-27)22-29(33)30-20-25-11-4-5-12-26(25)21-31-18-8-9-19-31/h4-7,10-17H,3,8-9,18-22H2,1-2H3,(H,30,33). The van der Waals surface area contributed by atoms with Gasteiger partial charge in [-0.05, 0) is 74.2 Å². The Labute approximate surface area is 215 Å². The van der Waals surface area contributed by atoms with E-state index in [0.29, 0.717) is 18.7 Å². The largest absolute Gasteiger partial charge is 0.350 e. The fourth-order valence-corrected chi connectivity index (χ4v) is 6.09. The summed E-state index contributed by atoms with van der Waals surface area (Å²) < 4.78 is 28.7. The molecule has 0 saturated carbocycles. The van der Waals surface area contributed by atoms with E-state index in [1.807, 2.05) is 44.2 Å². The Balaban J connectivity index is 1.55. The van der Waals surface area contributed by atoms with Crippen molar-refractivity contribution in [2.24, 2.45) is 0 Å². The molecule has 7 heteroatoms. The lowest BCUT2D eigenvalue weighted by Crippen LogP contribution is -2.41. The van der Waals surface area contributed by atoms with Crippen LogP contribution in [0.3, 0.4) is 0 Å². The molecule has 1 aliphatic heterocycles. The summed E-state index contributed by atoms with van der Waals surface area (Å²) in [5.74, 6) is -0.340. The Morgan fingerprint density at radius 3 is 2.17 bits per heavy atom. The second kappa shape index (κ2) is 11.7. The number of anilines is 1. The first-order valence-corrected chi connectivity index (χ1v) is 14.1. The van der Waals surface area contributed by atoms with Gasteiger partial charge in [0, 0.05) is 13.1 Å². The predicted octanol–water partition coefficient (Wildman–Crippen LogP) is 4.66. The van der Waals surface area contributed by atoms with Crippen molar-refractivity contribution >= 4 is 21.6 Å². The molecule has 1 amide bonds. The van der Waals surface area contributed by atoms with Crippen LogP contribution in [0.15, 0.2) is 77.7 Å². The van der Waals surface area contributed by atoms with Crippen molar-refractivity contribution in [1.82, 2.24) is 10.2 Å². The fourth-order valence-electron chi connectivity index (χ4n) is 4.64. The van der Waals surface area contributed by atoms with Gasteiger partial charge in [-0.25, -0.2) is 8.42 Å². The van der Waals surface area contributed by atoms with Gasteiger partial charge in [0.15, 0.2) is 0 Å². The minimum atomic E-state index is -3.94. The summed E-state index contributed by atoms with van der Waals surface area (Å²) in [5.41, 5.74) is 4.63. The van der Waals surface area contributed by atoms with E-state index < -0.39 is 10.0 Å². The lowest BCUT2D eigenvalue weighted by molar-refractivity contribution is -0.119. The third kappa shape index (κ3) is 6.15. The smallest absolute Gasteiger partial charge is 0.264 e. The number of amides is 1. The SMILES string of the molecule is CCc1ccccc1N(CC(=O)NCc1ccccc1CN1CCCC1)S(=O)(=O)c1ccc(C)cc1. The first kappa shape index (κ1) is 25.9. The van der Waals surface area contributed by atoms with E-state index in [-0.39, 0.29) is 17.3 Å². The molecule has 1 fully saturated rings. The Morgan fingerprint density at radius 1 is 0.889 bits per heavy atom. The molecule has 0 atom stereocenters. The maximum Gasteiger partial charge on any atom is 0.264 e. The van der Waals surface area contributed by atoms with Crippen LogP contribution in [-0.4, -0.2) is 38.9 Å². The molecule has 6 nitrogen and oxygen atoms in total. The zero-order valence-electron chi connectivity index (χ0n) is 21.1. The van der Waals surface area contributed by atoms with Gasteiger partial charge in [0.2, 0.25) is 5.91 Å². The van der Waals surface area contributed by atoms with Gasteiger partial charge in [-0.15, -0.1) is 0 Å². The molecule has 1 saturated heterocycles. The molecule has 0 unspecified atom stereocenters. The Morgan fingerprint density at radius 2 is 1.50 bits per heavy atom. The first-order chi connectivity index (χ1) is 17.4. The number of likely N-dealkylation sites (tertiary alicyclic amines) is 1. The normalized spacial score (nSPS) is 14.1. The fraction of sp³-hybridized carbons (Fsp3) is 0.345. The molecule has 0 radical (unpaired) electrons. The van der Waals surface area contributed by atoms with Crippen molar-refractivity contribution in [3.63, 3.8) is 0 Å². The summed E-state index contributed by atoms with van der Waals surface area (Å²) in [6.07, 6.45) is 3.11. The molecule has 1 N–H and O–H groups in total. The van der Waals surface area contributed by atoms with Crippen molar-refractivity contribution in [2.45, 2.75) is 51.1 Å². The predicted molar refractivity (Wildman–Crippen MR) is 144 cm³/mol. The van der Waals surface area contributed by atoms with Crippen LogP contribution >= 0.6 is 0 Å². The number of hydrogen-bond donors (Lipinski definition) is 1. The number of para-hydroxylation sites is 1.